The first-order chi connectivity index (χ1) is 9.65. The summed E-state index contributed by atoms with van der Waals surface area (Å²) in [7, 11) is 0. The van der Waals surface area contributed by atoms with E-state index in [1.165, 1.54) is 0 Å². The molecule has 0 aromatic rings. The van der Waals surface area contributed by atoms with Crippen LogP contribution >= 0.6 is 0 Å². The predicted molar refractivity (Wildman–Crippen MR) is 74.1 cm³/mol. The average Bonchev–Trinajstić information content (AvgIpc) is 3.02. The van der Waals surface area contributed by atoms with Crippen molar-refractivity contribution in [2.45, 2.75) is 26.2 Å². The topological polar surface area (TPSA) is 75.6 Å². The molecule has 2 rings (SSSR count). The molecule has 0 aliphatic heterocycles. The largest absolute Gasteiger partial charge is 0.481 e. The summed E-state index contributed by atoms with van der Waals surface area (Å²) in [5.74, 6) is -1.88. The number of ether oxygens (including phenoxy) is 1. The summed E-state index contributed by atoms with van der Waals surface area (Å²) in [5.41, 5.74) is 0. The van der Waals surface area contributed by atoms with Crippen LogP contribution in [-0.4, -0.2) is 36.7 Å². The number of carbonyl (C=O) groups excluding carboxylic acids is 1. The normalized spacial score (nSPS) is 30.6. The van der Waals surface area contributed by atoms with Crippen molar-refractivity contribution in [3.05, 3.63) is 12.2 Å². The van der Waals surface area contributed by atoms with Gasteiger partial charge in [-0.3, -0.25) is 9.59 Å². The highest BCUT2D eigenvalue weighted by Crippen LogP contribution is 2.48. The molecule has 1 fully saturated rings. The number of unbranched alkanes of at least 4 members (excludes halogenated alkanes) is 1. The Morgan fingerprint density at radius 2 is 1.95 bits per heavy atom. The van der Waals surface area contributed by atoms with Crippen LogP contribution in [0.5, 0.6) is 0 Å². The second kappa shape index (κ2) is 6.88. The first-order valence-corrected chi connectivity index (χ1v) is 7.41. The van der Waals surface area contributed by atoms with Crippen molar-refractivity contribution >= 4 is 11.9 Å². The van der Waals surface area contributed by atoms with E-state index >= 15 is 0 Å². The molecule has 0 radical (unpaired) electrons. The summed E-state index contributed by atoms with van der Waals surface area (Å²) in [6, 6.07) is 0. The minimum absolute atomic E-state index is 0.0223. The summed E-state index contributed by atoms with van der Waals surface area (Å²) in [4.78, 5) is 23.5. The van der Waals surface area contributed by atoms with Crippen molar-refractivity contribution in [1.82, 2.24) is 5.32 Å². The van der Waals surface area contributed by atoms with E-state index in [4.69, 9.17) is 4.74 Å². The number of carboxylic acids is 1. The third-order valence-corrected chi connectivity index (χ3v) is 4.24. The Labute approximate surface area is 119 Å². The zero-order valence-corrected chi connectivity index (χ0v) is 11.9. The van der Waals surface area contributed by atoms with Gasteiger partial charge in [-0.15, -0.1) is 0 Å². The first-order valence-electron chi connectivity index (χ1n) is 7.41. The molecule has 20 heavy (non-hydrogen) atoms. The number of hydrogen-bond acceptors (Lipinski definition) is 3. The highest BCUT2D eigenvalue weighted by Gasteiger charge is 2.51. The minimum Gasteiger partial charge on any atom is -0.481 e. The summed E-state index contributed by atoms with van der Waals surface area (Å²) >= 11 is 0. The van der Waals surface area contributed by atoms with Crippen molar-refractivity contribution in [2.24, 2.45) is 23.7 Å². The molecule has 5 nitrogen and oxygen atoms in total. The molecule has 1 saturated carbocycles. The number of carbonyl (C=O) groups is 2. The highest BCUT2D eigenvalue weighted by atomic mass is 16.5. The Kier molecular flexibility index (Phi) is 5.17. The second-order valence-electron chi connectivity index (χ2n) is 5.60. The zero-order valence-electron chi connectivity index (χ0n) is 11.9. The van der Waals surface area contributed by atoms with Crippen LogP contribution < -0.4 is 5.32 Å². The van der Waals surface area contributed by atoms with Gasteiger partial charge in [0.25, 0.3) is 0 Å². The molecular weight excluding hydrogens is 258 g/mol. The fraction of sp³-hybridized carbons (Fsp3) is 0.733. The van der Waals surface area contributed by atoms with Gasteiger partial charge in [0.2, 0.25) is 5.91 Å². The van der Waals surface area contributed by atoms with Crippen molar-refractivity contribution in [2.75, 3.05) is 19.8 Å². The van der Waals surface area contributed by atoms with Gasteiger partial charge >= 0.3 is 5.97 Å². The van der Waals surface area contributed by atoms with E-state index in [0.717, 1.165) is 19.3 Å². The Morgan fingerprint density at radius 3 is 2.60 bits per heavy atom. The second-order valence-corrected chi connectivity index (χ2v) is 5.60. The predicted octanol–water partition coefficient (Wildman–Crippen LogP) is 1.44. The van der Waals surface area contributed by atoms with Gasteiger partial charge in [0, 0.05) is 13.2 Å². The standard InChI is InChI=1S/C15H23NO4/c1-2-3-7-20-8-6-16-14(17)12-10-4-5-11(9-10)13(12)15(18)19/h4-5,10-13H,2-3,6-9H2,1H3,(H,16,17)(H,18,19)/t10?,11?,12-,13+/m0/s1. The maximum atomic E-state index is 12.2. The fourth-order valence-corrected chi connectivity index (χ4v) is 3.23. The van der Waals surface area contributed by atoms with Gasteiger partial charge in [-0.05, 0) is 24.7 Å². The zero-order chi connectivity index (χ0) is 14.5. The van der Waals surface area contributed by atoms with Gasteiger partial charge in [0.1, 0.15) is 0 Å². The molecule has 0 aromatic heterocycles. The molecule has 4 atom stereocenters. The maximum Gasteiger partial charge on any atom is 0.307 e. The number of amides is 1. The summed E-state index contributed by atoms with van der Waals surface area (Å²) in [6.07, 6.45) is 6.84. The van der Waals surface area contributed by atoms with E-state index in [1.807, 2.05) is 12.2 Å². The molecular formula is C15H23NO4. The number of nitrogens with one attached hydrogen (secondary N) is 1. The molecule has 2 aliphatic carbocycles. The quantitative estimate of drug-likeness (QED) is 0.521. The van der Waals surface area contributed by atoms with E-state index < -0.39 is 17.8 Å². The third kappa shape index (κ3) is 3.20. The monoisotopic (exact) mass is 281 g/mol. The molecule has 2 aliphatic rings. The van der Waals surface area contributed by atoms with Gasteiger partial charge < -0.3 is 15.2 Å². The smallest absolute Gasteiger partial charge is 0.307 e. The Balaban J connectivity index is 1.77. The van der Waals surface area contributed by atoms with Crippen LogP contribution in [0.4, 0.5) is 0 Å². The summed E-state index contributed by atoms with van der Waals surface area (Å²) in [5, 5.41) is 12.1. The van der Waals surface area contributed by atoms with Crippen LogP contribution in [0, 0.1) is 23.7 Å². The van der Waals surface area contributed by atoms with Gasteiger partial charge in [0.15, 0.2) is 0 Å². The Morgan fingerprint density at radius 1 is 1.25 bits per heavy atom. The van der Waals surface area contributed by atoms with Crippen LogP contribution in [0.25, 0.3) is 0 Å². The third-order valence-electron chi connectivity index (χ3n) is 4.24. The van der Waals surface area contributed by atoms with Crippen LogP contribution in [0.15, 0.2) is 12.2 Å². The van der Waals surface area contributed by atoms with E-state index in [1.54, 1.807) is 0 Å². The maximum absolute atomic E-state index is 12.2. The van der Waals surface area contributed by atoms with Crippen LogP contribution in [0.2, 0.25) is 0 Å². The number of rotatable bonds is 8. The minimum atomic E-state index is -0.860. The van der Waals surface area contributed by atoms with Crippen molar-refractivity contribution in [3.8, 4) is 0 Å². The number of carboxylic acid groups (broad SMARTS) is 1. The SMILES string of the molecule is CCCCOCCNC(=O)[C@H]1C2C=CC(C2)[C@H]1C(=O)O. The molecule has 2 N–H and O–H groups in total. The average molecular weight is 281 g/mol. The lowest BCUT2D eigenvalue weighted by atomic mass is 9.82. The summed E-state index contributed by atoms with van der Waals surface area (Å²) < 4.78 is 5.38. The number of fused-ring (bicyclic) bond motifs is 2. The lowest BCUT2D eigenvalue weighted by Gasteiger charge is -2.23. The molecule has 0 heterocycles. The van der Waals surface area contributed by atoms with Crippen LogP contribution in [0.1, 0.15) is 26.2 Å². The Bertz CT molecular complexity index is 393. The van der Waals surface area contributed by atoms with Crippen molar-refractivity contribution < 1.29 is 19.4 Å². The lowest BCUT2D eigenvalue weighted by molar-refractivity contribution is -0.147. The van der Waals surface area contributed by atoms with Crippen LogP contribution in [-0.2, 0) is 14.3 Å². The molecule has 112 valence electrons. The first kappa shape index (κ1) is 15.0. The number of hydrogen-bond donors (Lipinski definition) is 2. The van der Waals surface area contributed by atoms with E-state index in [2.05, 4.69) is 12.2 Å². The van der Waals surface area contributed by atoms with Gasteiger partial charge in [0.05, 0.1) is 18.4 Å². The number of allylic oxidation sites excluding steroid dienone is 2. The number of aliphatic carboxylic acids is 1. The van der Waals surface area contributed by atoms with Gasteiger partial charge in [-0.1, -0.05) is 25.5 Å². The van der Waals surface area contributed by atoms with Crippen molar-refractivity contribution in [3.63, 3.8) is 0 Å². The molecule has 2 bridgehead atoms. The van der Waals surface area contributed by atoms with Gasteiger partial charge in [-0.2, -0.15) is 0 Å². The Hall–Kier alpha value is -1.36. The van der Waals surface area contributed by atoms with E-state index in [-0.39, 0.29) is 17.7 Å². The molecule has 0 aromatic carbocycles. The highest BCUT2D eigenvalue weighted by molar-refractivity contribution is 5.86. The lowest BCUT2D eigenvalue weighted by Crippen LogP contribution is -2.41. The van der Waals surface area contributed by atoms with Crippen molar-refractivity contribution in [1.29, 1.82) is 0 Å². The fourth-order valence-electron chi connectivity index (χ4n) is 3.23. The molecule has 1 amide bonds. The molecule has 5 heteroatoms. The summed E-state index contributed by atoms with van der Waals surface area (Å²) in [6.45, 7) is 3.74. The molecule has 0 spiro atoms. The van der Waals surface area contributed by atoms with Gasteiger partial charge in [-0.25, -0.2) is 0 Å². The van der Waals surface area contributed by atoms with Crippen LogP contribution in [0.3, 0.4) is 0 Å². The molecule has 0 saturated heterocycles. The molecule has 2 unspecified atom stereocenters. The van der Waals surface area contributed by atoms with E-state index in [9.17, 15) is 14.7 Å². The van der Waals surface area contributed by atoms with E-state index in [0.29, 0.717) is 19.8 Å².